The van der Waals surface area contributed by atoms with Gasteiger partial charge < -0.3 is 14.8 Å². The van der Waals surface area contributed by atoms with Crippen molar-refractivity contribution in [2.45, 2.75) is 36.7 Å². The summed E-state index contributed by atoms with van der Waals surface area (Å²) in [6.07, 6.45) is 3.09. The number of sulfonamides is 1. The van der Waals surface area contributed by atoms with Crippen molar-refractivity contribution in [3.63, 3.8) is 0 Å². The summed E-state index contributed by atoms with van der Waals surface area (Å²) in [4.78, 5) is 11.1. The molecule has 0 aromatic carbocycles. The first kappa shape index (κ1) is 15.0. The highest BCUT2D eigenvalue weighted by Crippen LogP contribution is 2.37. The molecular weight excluding hydrogens is 284 g/mol. The van der Waals surface area contributed by atoms with Crippen LogP contribution in [0.15, 0.2) is 17.2 Å². The number of nitrogens with zero attached hydrogens (tertiary/aromatic N) is 2. The van der Waals surface area contributed by atoms with Crippen LogP contribution in [0.1, 0.15) is 36.3 Å². The molecule has 8 heteroatoms. The number of carbonyl (C=O) groups is 1. The highest BCUT2D eigenvalue weighted by Gasteiger charge is 2.32. The first-order valence-corrected chi connectivity index (χ1v) is 7.77. The van der Waals surface area contributed by atoms with E-state index in [9.17, 15) is 13.2 Å². The lowest BCUT2D eigenvalue weighted by atomic mass is 10.4. The maximum Gasteiger partial charge on any atom is 0.352 e. The normalized spacial score (nSPS) is 17.4. The number of aliphatic hydroxyl groups excluding tert-OH is 1. The van der Waals surface area contributed by atoms with Crippen molar-refractivity contribution in [1.29, 1.82) is 0 Å². The second-order valence-electron chi connectivity index (χ2n) is 5.06. The second kappa shape index (κ2) is 5.19. The van der Waals surface area contributed by atoms with Gasteiger partial charge in [0.2, 0.25) is 10.0 Å². The van der Waals surface area contributed by atoms with Crippen LogP contribution in [0.2, 0.25) is 0 Å². The molecule has 1 aliphatic carbocycles. The van der Waals surface area contributed by atoms with Gasteiger partial charge in [-0.15, -0.1) is 0 Å². The summed E-state index contributed by atoms with van der Waals surface area (Å²) in [5, 5.41) is 18.2. The number of carboxylic acids is 1. The zero-order valence-electron chi connectivity index (χ0n) is 11.4. The summed E-state index contributed by atoms with van der Waals surface area (Å²) >= 11 is 0. The molecule has 0 spiro atoms. The average molecular weight is 302 g/mol. The van der Waals surface area contributed by atoms with Crippen molar-refractivity contribution in [3.05, 3.63) is 18.0 Å². The number of hydrogen-bond donors (Lipinski definition) is 2. The summed E-state index contributed by atoms with van der Waals surface area (Å²) in [6.45, 7) is 1.28. The lowest BCUT2D eigenvalue weighted by Gasteiger charge is -2.21. The van der Waals surface area contributed by atoms with Crippen LogP contribution in [0, 0.1) is 0 Å². The molecular formula is C12H18N2O5S. The van der Waals surface area contributed by atoms with Gasteiger partial charge in [-0.1, -0.05) is 0 Å². The van der Waals surface area contributed by atoms with E-state index in [4.69, 9.17) is 10.2 Å². The van der Waals surface area contributed by atoms with Gasteiger partial charge in [-0.3, -0.25) is 0 Å². The van der Waals surface area contributed by atoms with E-state index in [1.165, 1.54) is 23.9 Å². The third-order valence-corrected chi connectivity index (χ3v) is 5.48. The Morgan fingerprint density at radius 3 is 2.60 bits per heavy atom. The average Bonchev–Trinajstić information content (AvgIpc) is 3.14. The summed E-state index contributed by atoms with van der Waals surface area (Å²) in [7, 11) is -2.44. The molecule has 112 valence electrons. The van der Waals surface area contributed by atoms with E-state index in [0.717, 1.165) is 17.1 Å². The summed E-state index contributed by atoms with van der Waals surface area (Å²) in [5.41, 5.74) is -0.0175. The first-order valence-electron chi connectivity index (χ1n) is 6.33. The van der Waals surface area contributed by atoms with Crippen LogP contribution in [-0.2, 0) is 10.0 Å². The predicted octanol–water partition coefficient (Wildman–Crippen LogP) is 0.523. The molecule has 7 nitrogen and oxygen atoms in total. The van der Waals surface area contributed by atoms with E-state index in [2.05, 4.69) is 0 Å². The van der Waals surface area contributed by atoms with Crippen LogP contribution in [0.5, 0.6) is 0 Å². The largest absolute Gasteiger partial charge is 0.477 e. The third kappa shape index (κ3) is 2.58. The minimum absolute atomic E-state index is 0.0175. The Kier molecular flexibility index (Phi) is 3.90. The van der Waals surface area contributed by atoms with E-state index >= 15 is 0 Å². The van der Waals surface area contributed by atoms with Gasteiger partial charge in [0.15, 0.2) is 0 Å². The molecule has 1 atom stereocenters. The van der Waals surface area contributed by atoms with Crippen molar-refractivity contribution in [2.75, 3.05) is 13.7 Å². The SMILES string of the molecule is CC(CO)N(C)S(=O)(=O)c1cc(C(=O)O)n(C2CC2)c1. The van der Waals surface area contributed by atoms with E-state index < -0.39 is 22.0 Å². The molecule has 1 aromatic rings. The Balaban J connectivity index is 2.42. The molecule has 1 heterocycles. The fraction of sp³-hybridized carbons (Fsp3) is 0.583. The number of aromatic nitrogens is 1. The number of hydrogen-bond acceptors (Lipinski definition) is 4. The fourth-order valence-corrected chi connectivity index (χ4v) is 3.32. The first-order chi connectivity index (χ1) is 9.28. The number of rotatable bonds is 6. The minimum atomic E-state index is -3.80. The molecule has 0 bridgehead atoms. The Morgan fingerprint density at radius 1 is 1.55 bits per heavy atom. The zero-order chi connectivity index (χ0) is 15.1. The summed E-state index contributed by atoms with van der Waals surface area (Å²) in [5.74, 6) is -1.14. The van der Waals surface area contributed by atoms with Gasteiger partial charge in [-0.2, -0.15) is 4.31 Å². The van der Waals surface area contributed by atoms with Gasteiger partial charge in [0.1, 0.15) is 10.6 Å². The Labute approximate surface area is 117 Å². The maximum atomic E-state index is 12.4. The molecule has 0 aliphatic heterocycles. The van der Waals surface area contributed by atoms with Crippen molar-refractivity contribution in [2.24, 2.45) is 0 Å². The van der Waals surface area contributed by atoms with Gasteiger partial charge in [-0.05, 0) is 25.8 Å². The Morgan fingerprint density at radius 2 is 2.15 bits per heavy atom. The fourth-order valence-electron chi connectivity index (χ4n) is 1.94. The van der Waals surface area contributed by atoms with Crippen LogP contribution in [0.25, 0.3) is 0 Å². The van der Waals surface area contributed by atoms with E-state index in [0.29, 0.717) is 0 Å². The maximum absolute atomic E-state index is 12.4. The topological polar surface area (TPSA) is 99.8 Å². The second-order valence-corrected chi connectivity index (χ2v) is 7.05. The molecule has 0 amide bonds. The monoisotopic (exact) mass is 302 g/mol. The highest BCUT2D eigenvalue weighted by molar-refractivity contribution is 7.89. The number of aromatic carboxylic acids is 1. The van der Waals surface area contributed by atoms with Crippen LogP contribution in [-0.4, -0.2) is 53.2 Å². The van der Waals surface area contributed by atoms with E-state index in [-0.39, 0.29) is 23.2 Å². The van der Waals surface area contributed by atoms with Gasteiger partial charge in [-0.25, -0.2) is 13.2 Å². The number of likely N-dealkylation sites (N-methyl/N-ethyl adjacent to an activating group) is 1. The van der Waals surface area contributed by atoms with Crippen molar-refractivity contribution in [1.82, 2.24) is 8.87 Å². The summed E-state index contributed by atoms with van der Waals surface area (Å²) in [6, 6.07) is 0.680. The molecule has 0 radical (unpaired) electrons. The van der Waals surface area contributed by atoms with Crippen LogP contribution >= 0.6 is 0 Å². The molecule has 1 saturated carbocycles. The van der Waals surface area contributed by atoms with Crippen molar-refractivity contribution < 1.29 is 23.4 Å². The minimum Gasteiger partial charge on any atom is -0.477 e. The molecule has 2 rings (SSSR count). The van der Waals surface area contributed by atoms with Crippen LogP contribution < -0.4 is 0 Å². The molecule has 1 unspecified atom stereocenters. The molecule has 1 aromatic heterocycles. The van der Waals surface area contributed by atoms with Crippen LogP contribution in [0.3, 0.4) is 0 Å². The summed E-state index contributed by atoms with van der Waals surface area (Å²) < 4.78 is 27.3. The molecule has 1 fully saturated rings. The van der Waals surface area contributed by atoms with Gasteiger partial charge in [0.05, 0.1) is 6.61 Å². The number of aliphatic hydroxyl groups is 1. The molecule has 2 N–H and O–H groups in total. The predicted molar refractivity (Wildman–Crippen MR) is 71.2 cm³/mol. The lowest BCUT2D eigenvalue weighted by Crippen LogP contribution is -2.37. The van der Waals surface area contributed by atoms with Crippen LogP contribution in [0.4, 0.5) is 0 Å². The zero-order valence-corrected chi connectivity index (χ0v) is 12.2. The molecule has 0 saturated heterocycles. The van der Waals surface area contributed by atoms with E-state index in [1.54, 1.807) is 6.92 Å². The van der Waals surface area contributed by atoms with Crippen molar-refractivity contribution >= 4 is 16.0 Å². The smallest absolute Gasteiger partial charge is 0.352 e. The third-order valence-electron chi connectivity index (χ3n) is 3.54. The van der Waals surface area contributed by atoms with Gasteiger partial charge in [0.25, 0.3) is 0 Å². The number of carboxylic acid groups (broad SMARTS) is 1. The quantitative estimate of drug-likeness (QED) is 0.798. The van der Waals surface area contributed by atoms with Gasteiger partial charge >= 0.3 is 5.97 Å². The standard InChI is InChI=1S/C12H18N2O5S/c1-8(7-15)13(2)20(18,19)10-5-11(12(16)17)14(6-10)9-3-4-9/h5-6,8-9,15H,3-4,7H2,1-2H3,(H,16,17). The Hall–Kier alpha value is -1.38. The lowest BCUT2D eigenvalue weighted by molar-refractivity contribution is 0.0685. The highest BCUT2D eigenvalue weighted by atomic mass is 32.2. The van der Waals surface area contributed by atoms with Gasteiger partial charge in [0, 0.05) is 25.3 Å². The Bertz CT molecular complexity index is 618. The van der Waals surface area contributed by atoms with Crippen molar-refractivity contribution in [3.8, 4) is 0 Å². The molecule has 20 heavy (non-hydrogen) atoms. The van der Waals surface area contributed by atoms with E-state index in [1.807, 2.05) is 0 Å². The molecule has 1 aliphatic rings.